The molecule has 0 heterocycles. The molecule has 1 fully saturated rings. The second-order valence-corrected chi connectivity index (χ2v) is 6.46. The Morgan fingerprint density at radius 1 is 1.33 bits per heavy atom. The third kappa shape index (κ3) is 2.36. The van der Waals surface area contributed by atoms with Crippen molar-refractivity contribution in [2.75, 3.05) is 11.6 Å². The summed E-state index contributed by atoms with van der Waals surface area (Å²) in [4.78, 5) is 12.0. The van der Waals surface area contributed by atoms with Crippen LogP contribution < -0.4 is 5.32 Å². The van der Waals surface area contributed by atoms with Gasteiger partial charge in [-0.15, -0.1) is 0 Å². The van der Waals surface area contributed by atoms with Gasteiger partial charge in [-0.3, -0.25) is 4.79 Å². The highest BCUT2D eigenvalue weighted by Gasteiger charge is 2.50. The van der Waals surface area contributed by atoms with Gasteiger partial charge in [0, 0.05) is 11.9 Å². The van der Waals surface area contributed by atoms with Gasteiger partial charge >= 0.3 is 0 Å². The SMILES string of the molecule is CS(=O)(=O)c1ccc(NC(=O)C2(C#N)CC2)cc1. The highest BCUT2D eigenvalue weighted by molar-refractivity contribution is 7.90. The highest BCUT2D eigenvalue weighted by atomic mass is 32.2. The van der Waals surface area contributed by atoms with Crippen LogP contribution in [0.1, 0.15) is 12.8 Å². The molecule has 2 rings (SSSR count). The number of hydrogen-bond acceptors (Lipinski definition) is 4. The van der Waals surface area contributed by atoms with Crippen LogP contribution >= 0.6 is 0 Å². The first-order valence-electron chi connectivity index (χ1n) is 5.40. The van der Waals surface area contributed by atoms with Crippen LogP contribution in [0.5, 0.6) is 0 Å². The number of carbonyl (C=O) groups excluding carboxylic acids is 1. The first kappa shape index (κ1) is 12.6. The Balaban J connectivity index is 2.13. The van der Waals surface area contributed by atoms with E-state index in [1.54, 1.807) is 0 Å². The average Bonchev–Trinajstić information content (AvgIpc) is 3.09. The van der Waals surface area contributed by atoms with E-state index < -0.39 is 15.3 Å². The summed E-state index contributed by atoms with van der Waals surface area (Å²) in [5.41, 5.74) is -0.385. The van der Waals surface area contributed by atoms with Gasteiger partial charge in [-0.2, -0.15) is 5.26 Å². The Labute approximate surface area is 105 Å². The van der Waals surface area contributed by atoms with Crippen molar-refractivity contribution in [2.45, 2.75) is 17.7 Å². The summed E-state index contributed by atoms with van der Waals surface area (Å²) in [7, 11) is -3.23. The molecule has 0 radical (unpaired) electrons. The number of rotatable bonds is 3. The van der Waals surface area contributed by atoms with Crippen LogP contribution in [0.4, 0.5) is 5.69 Å². The van der Waals surface area contributed by atoms with E-state index in [9.17, 15) is 13.2 Å². The molecule has 0 aromatic heterocycles. The van der Waals surface area contributed by atoms with Crippen molar-refractivity contribution in [3.63, 3.8) is 0 Å². The second kappa shape index (κ2) is 4.10. The van der Waals surface area contributed by atoms with Crippen molar-refractivity contribution in [3.05, 3.63) is 24.3 Å². The number of nitriles is 1. The lowest BCUT2D eigenvalue weighted by Gasteiger charge is -2.08. The van der Waals surface area contributed by atoms with Crippen LogP contribution in [0.2, 0.25) is 0 Å². The zero-order valence-corrected chi connectivity index (χ0v) is 10.6. The molecular weight excluding hydrogens is 252 g/mol. The third-order valence-electron chi connectivity index (χ3n) is 2.94. The molecule has 1 saturated carbocycles. The lowest BCUT2D eigenvalue weighted by Crippen LogP contribution is -2.22. The smallest absolute Gasteiger partial charge is 0.244 e. The van der Waals surface area contributed by atoms with Gasteiger partial charge in [0.2, 0.25) is 5.91 Å². The summed E-state index contributed by atoms with van der Waals surface area (Å²) in [6.07, 6.45) is 2.28. The number of anilines is 1. The molecule has 1 aliphatic carbocycles. The minimum Gasteiger partial charge on any atom is -0.325 e. The topological polar surface area (TPSA) is 87.0 Å². The lowest BCUT2D eigenvalue weighted by molar-refractivity contribution is -0.119. The molecule has 6 heteroatoms. The first-order valence-corrected chi connectivity index (χ1v) is 7.29. The molecular formula is C12H12N2O3S. The highest BCUT2D eigenvalue weighted by Crippen LogP contribution is 2.45. The van der Waals surface area contributed by atoms with Crippen molar-refractivity contribution < 1.29 is 13.2 Å². The number of benzene rings is 1. The summed E-state index contributed by atoms with van der Waals surface area (Å²) in [6.45, 7) is 0. The first-order chi connectivity index (χ1) is 8.37. The van der Waals surface area contributed by atoms with E-state index >= 15 is 0 Å². The van der Waals surface area contributed by atoms with Crippen LogP contribution in [0.3, 0.4) is 0 Å². The predicted molar refractivity (Wildman–Crippen MR) is 65.5 cm³/mol. The van der Waals surface area contributed by atoms with E-state index in [1.807, 2.05) is 6.07 Å². The van der Waals surface area contributed by atoms with E-state index in [1.165, 1.54) is 24.3 Å². The van der Waals surface area contributed by atoms with Gasteiger partial charge in [0.05, 0.1) is 11.0 Å². The molecule has 5 nitrogen and oxygen atoms in total. The maximum Gasteiger partial charge on any atom is 0.244 e. The standard InChI is InChI=1S/C12H12N2O3S/c1-18(16,17)10-4-2-9(3-5-10)14-11(15)12(8-13)6-7-12/h2-5H,6-7H2,1H3,(H,14,15). The van der Waals surface area contributed by atoms with Crippen LogP contribution in [-0.2, 0) is 14.6 Å². The van der Waals surface area contributed by atoms with E-state index in [0.29, 0.717) is 18.5 Å². The van der Waals surface area contributed by atoms with Gasteiger partial charge in [0.1, 0.15) is 5.41 Å². The minimum absolute atomic E-state index is 0.196. The van der Waals surface area contributed by atoms with Crippen molar-refractivity contribution in [2.24, 2.45) is 5.41 Å². The minimum atomic E-state index is -3.23. The molecule has 1 amide bonds. The molecule has 0 aliphatic heterocycles. The summed E-state index contributed by atoms with van der Waals surface area (Å²) < 4.78 is 22.5. The maximum atomic E-state index is 11.8. The zero-order valence-electron chi connectivity index (χ0n) is 9.80. The molecule has 0 saturated heterocycles. The third-order valence-corrected chi connectivity index (χ3v) is 4.07. The summed E-state index contributed by atoms with van der Waals surface area (Å²) in [6, 6.07) is 7.89. The van der Waals surface area contributed by atoms with E-state index in [4.69, 9.17) is 5.26 Å². The molecule has 0 atom stereocenters. The summed E-state index contributed by atoms with van der Waals surface area (Å²) >= 11 is 0. The molecule has 18 heavy (non-hydrogen) atoms. The van der Waals surface area contributed by atoms with Crippen molar-refractivity contribution in [3.8, 4) is 6.07 Å². The van der Waals surface area contributed by atoms with Crippen LogP contribution in [-0.4, -0.2) is 20.6 Å². The number of nitrogens with zero attached hydrogens (tertiary/aromatic N) is 1. The lowest BCUT2D eigenvalue weighted by atomic mass is 10.1. The van der Waals surface area contributed by atoms with Crippen LogP contribution in [0.25, 0.3) is 0 Å². The Bertz CT molecular complexity index is 622. The average molecular weight is 264 g/mol. The Morgan fingerprint density at radius 2 is 1.89 bits per heavy atom. The monoisotopic (exact) mass is 264 g/mol. The molecule has 94 valence electrons. The summed E-state index contributed by atoms with van der Waals surface area (Å²) in [5.74, 6) is -0.322. The van der Waals surface area contributed by atoms with Gasteiger partial charge < -0.3 is 5.32 Å². The second-order valence-electron chi connectivity index (χ2n) is 4.44. The van der Waals surface area contributed by atoms with E-state index in [0.717, 1.165) is 6.26 Å². The number of nitrogens with one attached hydrogen (secondary N) is 1. The Morgan fingerprint density at radius 3 is 2.28 bits per heavy atom. The number of amides is 1. The van der Waals surface area contributed by atoms with Crippen molar-refractivity contribution in [1.29, 1.82) is 5.26 Å². The summed E-state index contributed by atoms with van der Waals surface area (Å²) in [5, 5.41) is 11.5. The predicted octanol–water partition coefficient (Wildman–Crippen LogP) is 1.33. The number of hydrogen-bond donors (Lipinski definition) is 1. The Hall–Kier alpha value is -1.87. The molecule has 1 aromatic rings. The van der Waals surface area contributed by atoms with Gasteiger partial charge in [-0.25, -0.2) is 8.42 Å². The van der Waals surface area contributed by atoms with Crippen LogP contribution in [0.15, 0.2) is 29.2 Å². The molecule has 0 bridgehead atoms. The van der Waals surface area contributed by atoms with Gasteiger partial charge in [-0.05, 0) is 37.1 Å². The van der Waals surface area contributed by atoms with E-state index in [-0.39, 0.29) is 10.8 Å². The molecule has 1 aliphatic rings. The van der Waals surface area contributed by atoms with Gasteiger partial charge in [0.15, 0.2) is 9.84 Å². The molecule has 0 spiro atoms. The van der Waals surface area contributed by atoms with Crippen LogP contribution in [0, 0.1) is 16.7 Å². The maximum absolute atomic E-state index is 11.8. The molecule has 1 aromatic carbocycles. The van der Waals surface area contributed by atoms with Gasteiger partial charge in [-0.1, -0.05) is 0 Å². The fourth-order valence-corrected chi connectivity index (χ4v) is 2.18. The molecule has 1 N–H and O–H groups in total. The van der Waals surface area contributed by atoms with E-state index in [2.05, 4.69) is 5.32 Å². The zero-order chi connectivity index (χ0) is 13.4. The van der Waals surface area contributed by atoms with Crippen molar-refractivity contribution in [1.82, 2.24) is 0 Å². The Kier molecular flexibility index (Phi) is 2.87. The quantitative estimate of drug-likeness (QED) is 0.892. The van der Waals surface area contributed by atoms with Crippen molar-refractivity contribution >= 4 is 21.4 Å². The van der Waals surface area contributed by atoms with Gasteiger partial charge in [0.25, 0.3) is 0 Å². The fraction of sp³-hybridized carbons (Fsp3) is 0.333. The number of sulfone groups is 1. The number of carbonyl (C=O) groups is 1. The normalized spacial score (nSPS) is 16.7. The largest absolute Gasteiger partial charge is 0.325 e. The molecule has 0 unspecified atom stereocenters. The fourth-order valence-electron chi connectivity index (χ4n) is 1.55.